The molecule has 0 aliphatic carbocycles. The van der Waals surface area contributed by atoms with Crippen molar-refractivity contribution in [3.05, 3.63) is 65.7 Å². The first-order valence-corrected chi connectivity index (χ1v) is 21.7. The predicted molar refractivity (Wildman–Crippen MR) is 220 cm³/mol. The van der Waals surface area contributed by atoms with Gasteiger partial charge in [0.25, 0.3) is 5.91 Å². The van der Waals surface area contributed by atoms with Crippen LogP contribution in [0.3, 0.4) is 0 Å². The Morgan fingerprint density at radius 2 is 1.58 bits per heavy atom. The van der Waals surface area contributed by atoms with Crippen LogP contribution in [0.1, 0.15) is 53.0 Å². The molecule has 0 heterocycles. The summed E-state index contributed by atoms with van der Waals surface area (Å²) in [7, 11) is -3.99. The summed E-state index contributed by atoms with van der Waals surface area (Å²) in [5, 5.41) is 27.3. The van der Waals surface area contributed by atoms with Gasteiger partial charge in [-0.15, -0.1) is 9.59 Å². The van der Waals surface area contributed by atoms with Gasteiger partial charge in [0, 0.05) is 6.42 Å². The average Bonchev–Trinajstić information content (AvgIpc) is 3.21. The van der Waals surface area contributed by atoms with Crippen LogP contribution in [0, 0.1) is 17.2 Å². The standard InChI is InChI=1S/C38H55N9O10S2/c1-6-59(55,56)46(19-17-39)43-27(4)35(51)42-34(24-29-12-14-31(50)15-13-29)38(54)47(57-45-30(25-49)23-28-10-8-7-9-11-28)44-32(16-21-58-5)37(53)41-33(22-26(2)3)36(52)40-18-20-48/h7-15,20,25-27,30,32-34,43-45,50H,6,16,18-19,21-24H2,1-5H3,(H,40,52)(H,41,53)(H,42,51)/t27?,30-,32-,33?,34-/m0/s1/i20D. The number of hydrogen-bond acceptors (Lipinski definition) is 15. The number of carbonyl (C=O) groups excluding carboxylic acids is 6. The number of hydrogen-bond donors (Lipinski definition) is 7. The van der Waals surface area contributed by atoms with Crippen LogP contribution in [0.25, 0.3) is 0 Å². The first-order chi connectivity index (χ1) is 28.4. The van der Waals surface area contributed by atoms with Gasteiger partial charge >= 0.3 is 0 Å². The van der Waals surface area contributed by atoms with Crippen molar-refractivity contribution in [3.8, 4) is 11.8 Å². The molecule has 19 nitrogen and oxygen atoms in total. The Morgan fingerprint density at radius 1 is 0.932 bits per heavy atom. The van der Waals surface area contributed by atoms with Crippen molar-refractivity contribution in [2.24, 2.45) is 5.92 Å². The first kappa shape index (κ1) is 48.4. The van der Waals surface area contributed by atoms with Crippen LogP contribution in [-0.4, -0.2) is 120 Å². The summed E-state index contributed by atoms with van der Waals surface area (Å²) in [5.41, 5.74) is 8.96. The van der Waals surface area contributed by atoms with Crippen molar-refractivity contribution < 1.29 is 48.6 Å². The number of aldehydes is 2. The molecule has 59 heavy (non-hydrogen) atoms. The summed E-state index contributed by atoms with van der Waals surface area (Å²) in [4.78, 5) is 84.6. The molecule has 0 radical (unpaired) electrons. The quantitative estimate of drug-likeness (QED) is 0.0338. The Hall–Kier alpha value is -4.95. The number of nitrogens with zero attached hydrogens (tertiary/aromatic N) is 3. The summed E-state index contributed by atoms with van der Waals surface area (Å²) in [5.74, 6) is -3.56. The summed E-state index contributed by atoms with van der Waals surface area (Å²) in [6.07, 6.45) is 1.38. The molecule has 0 saturated heterocycles. The Morgan fingerprint density at radius 3 is 2.15 bits per heavy atom. The maximum Gasteiger partial charge on any atom is 0.285 e. The normalized spacial score (nSPS) is 14.2. The number of phenols is 1. The molecule has 0 aliphatic heterocycles. The van der Waals surface area contributed by atoms with E-state index < -0.39 is 83.2 Å². The molecule has 4 amide bonds. The molecular formula is C38H55N9O10S2. The van der Waals surface area contributed by atoms with Crippen LogP contribution in [-0.2, 0) is 56.6 Å². The van der Waals surface area contributed by atoms with E-state index in [1.54, 1.807) is 42.7 Å². The van der Waals surface area contributed by atoms with Crippen molar-refractivity contribution in [2.45, 2.75) is 83.6 Å². The highest BCUT2D eigenvalue weighted by Gasteiger charge is 2.35. The van der Waals surface area contributed by atoms with Crippen molar-refractivity contribution >= 4 is 58.0 Å². The number of thioether (sulfide) groups is 1. The van der Waals surface area contributed by atoms with E-state index in [0.29, 0.717) is 27.2 Å². The second-order valence-electron chi connectivity index (χ2n) is 13.6. The summed E-state index contributed by atoms with van der Waals surface area (Å²) in [6, 6.07) is 9.98. The maximum absolute atomic E-state index is 14.6. The Balaban J connectivity index is 2.59. The number of benzene rings is 2. The van der Waals surface area contributed by atoms with Gasteiger partial charge in [-0.3, -0.25) is 19.2 Å². The van der Waals surface area contributed by atoms with Crippen LogP contribution < -0.4 is 32.3 Å². The van der Waals surface area contributed by atoms with E-state index in [9.17, 15) is 47.6 Å². The number of rotatable bonds is 28. The molecule has 5 atom stereocenters. The fourth-order valence-corrected chi connectivity index (χ4v) is 6.68. The summed E-state index contributed by atoms with van der Waals surface area (Å²) in [6.45, 7) is 5.10. The van der Waals surface area contributed by atoms with E-state index in [1.165, 1.54) is 49.9 Å². The second-order valence-corrected chi connectivity index (χ2v) is 16.8. The Bertz CT molecular complexity index is 1870. The molecule has 2 unspecified atom stereocenters. The number of hydroxylamine groups is 2. The third-order valence-electron chi connectivity index (χ3n) is 8.47. The van der Waals surface area contributed by atoms with Crippen LogP contribution in [0.15, 0.2) is 54.6 Å². The maximum atomic E-state index is 14.6. The lowest BCUT2D eigenvalue weighted by molar-refractivity contribution is -0.246. The SMILES string of the molecule is [2H]C(=O)CNC(=O)C(CC(C)C)NC(=O)[C@H](CCSC)NN(ON[C@H](C=O)Cc1ccccc1)C(=O)[C@H](Cc1ccc(O)cc1)NC(=O)C(C)NN(CC#N)S(=O)(=O)CC. The van der Waals surface area contributed by atoms with E-state index in [1.807, 2.05) is 13.8 Å². The number of hydrazine groups is 2. The monoisotopic (exact) mass is 862 g/mol. The molecule has 0 aliphatic rings. The molecule has 2 aromatic rings. The lowest BCUT2D eigenvalue weighted by atomic mass is 10.0. The number of nitriles is 1. The average molecular weight is 863 g/mol. The number of sulfonamides is 1. The molecule has 2 aromatic carbocycles. The fraction of sp³-hybridized carbons (Fsp3) is 0.500. The van der Waals surface area contributed by atoms with Gasteiger partial charge in [0.05, 0.1) is 30.5 Å². The van der Waals surface area contributed by atoms with Crippen molar-refractivity contribution in [1.29, 1.82) is 5.26 Å². The molecule has 2 rings (SSSR count). The highest BCUT2D eigenvalue weighted by molar-refractivity contribution is 7.98. The molecule has 0 bridgehead atoms. The number of nitrogens with one attached hydrogen (secondary N) is 6. The van der Waals surface area contributed by atoms with Crippen molar-refractivity contribution in [2.75, 3.05) is 30.9 Å². The van der Waals surface area contributed by atoms with Crippen LogP contribution in [0.2, 0.25) is 0 Å². The number of amides is 4. The minimum absolute atomic E-state index is 0.0546. The largest absolute Gasteiger partial charge is 0.508 e. The third-order valence-corrected chi connectivity index (χ3v) is 10.7. The van der Waals surface area contributed by atoms with Gasteiger partial charge in [-0.05, 0) is 74.3 Å². The predicted octanol–water partition coefficient (Wildman–Crippen LogP) is 0.0352. The zero-order chi connectivity index (χ0) is 44.8. The van der Waals surface area contributed by atoms with Gasteiger partial charge in [0.2, 0.25) is 27.7 Å². The minimum atomic E-state index is -3.99. The van der Waals surface area contributed by atoms with Gasteiger partial charge in [0.1, 0.15) is 44.3 Å². The molecule has 0 spiro atoms. The van der Waals surface area contributed by atoms with Gasteiger partial charge < -0.3 is 30.6 Å². The van der Waals surface area contributed by atoms with Gasteiger partial charge in [0.15, 0.2) is 0 Å². The van der Waals surface area contributed by atoms with E-state index in [4.69, 9.17) is 6.31 Å². The molecule has 21 heteroatoms. The van der Waals surface area contributed by atoms with Crippen LogP contribution in [0.4, 0.5) is 0 Å². The molecular weight excluding hydrogens is 807 g/mol. The highest BCUT2D eigenvalue weighted by atomic mass is 32.2. The zero-order valence-electron chi connectivity index (χ0n) is 34.7. The lowest BCUT2D eigenvalue weighted by Crippen LogP contribution is -2.63. The number of aromatic hydroxyl groups is 1. The van der Waals surface area contributed by atoms with Gasteiger partial charge in [-0.25, -0.2) is 13.8 Å². The minimum Gasteiger partial charge on any atom is -0.508 e. The number of phenolic OH excluding ortho intramolecular Hbond substituents is 1. The van der Waals surface area contributed by atoms with E-state index in [2.05, 4.69) is 32.3 Å². The van der Waals surface area contributed by atoms with E-state index in [0.717, 1.165) is 5.56 Å². The van der Waals surface area contributed by atoms with E-state index in [-0.39, 0.29) is 43.1 Å². The summed E-state index contributed by atoms with van der Waals surface area (Å²) >= 11 is 1.37. The molecule has 0 aromatic heterocycles. The summed E-state index contributed by atoms with van der Waals surface area (Å²) < 4.78 is 33.0. The first-order valence-electron chi connectivity index (χ1n) is 19.2. The molecule has 7 N–H and O–H groups in total. The zero-order valence-corrected chi connectivity index (χ0v) is 35.3. The van der Waals surface area contributed by atoms with Gasteiger partial charge in [-0.2, -0.15) is 32.9 Å². The Kier molecular flexibility index (Phi) is 21.5. The lowest BCUT2D eigenvalue weighted by Gasteiger charge is -2.32. The third kappa shape index (κ3) is 17.8. The molecule has 0 saturated carbocycles. The van der Waals surface area contributed by atoms with Crippen molar-refractivity contribution in [3.63, 3.8) is 0 Å². The smallest absolute Gasteiger partial charge is 0.285 e. The topological polar surface area (TPSA) is 268 Å². The number of carbonyl (C=O) groups is 6. The fourth-order valence-electron chi connectivity index (χ4n) is 5.32. The van der Waals surface area contributed by atoms with E-state index >= 15 is 0 Å². The van der Waals surface area contributed by atoms with Gasteiger partial charge in [-0.1, -0.05) is 56.3 Å². The van der Waals surface area contributed by atoms with Crippen LogP contribution in [0.5, 0.6) is 5.75 Å². The van der Waals surface area contributed by atoms with Crippen molar-refractivity contribution in [1.82, 2.24) is 41.9 Å². The van der Waals surface area contributed by atoms with Crippen LogP contribution >= 0.6 is 11.8 Å². The molecule has 0 fully saturated rings. The second kappa shape index (κ2) is 26.2. The Labute approximate surface area is 350 Å². The highest BCUT2D eigenvalue weighted by Crippen LogP contribution is 2.14. The molecule has 324 valence electrons.